The van der Waals surface area contributed by atoms with Crippen molar-refractivity contribution < 1.29 is 23.9 Å². The number of rotatable bonds is 9. The van der Waals surface area contributed by atoms with Gasteiger partial charge in [-0.2, -0.15) is 0 Å². The van der Waals surface area contributed by atoms with E-state index < -0.39 is 23.9 Å². The Morgan fingerprint density at radius 3 is 2.39 bits per heavy atom. The molecule has 0 aliphatic carbocycles. The number of hydrogen-bond acceptors (Lipinski definition) is 6. The van der Waals surface area contributed by atoms with Gasteiger partial charge in [0.05, 0.1) is 26.9 Å². The predicted molar refractivity (Wildman–Crippen MR) is 103 cm³/mol. The van der Waals surface area contributed by atoms with Crippen LogP contribution in [0.25, 0.3) is 0 Å². The molecule has 0 radical (unpaired) electrons. The maximum absolute atomic E-state index is 12.4. The van der Waals surface area contributed by atoms with Crippen molar-refractivity contribution in [2.45, 2.75) is 25.4 Å². The van der Waals surface area contributed by atoms with Crippen LogP contribution in [0.3, 0.4) is 0 Å². The predicted octanol–water partition coefficient (Wildman–Crippen LogP) is -0.955. The number of amides is 3. The molecule has 4 N–H and O–H groups in total. The van der Waals surface area contributed by atoms with E-state index in [0.717, 1.165) is 5.56 Å². The molecule has 28 heavy (non-hydrogen) atoms. The molecular weight excluding hydrogens is 364 g/mol. The number of nitrogens with two attached hydrogens (primary N) is 1. The van der Waals surface area contributed by atoms with E-state index in [2.05, 4.69) is 10.6 Å². The first kappa shape index (κ1) is 21.6. The lowest BCUT2D eigenvalue weighted by molar-refractivity contribution is -0.131. The zero-order valence-corrected chi connectivity index (χ0v) is 16.3. The zero-order valence-electron chi connectivity index (χ0n) is 16.3. The molecule has 0 saturated carbocycles. The summed E-state index contributed by atoms with van der Waals surface area (Å²) >= 11 is 0. The molecule has 0 aromatic heterocycles. The number of hydrogen-bond donors (Lipinski definition) is 3. The molecular formula is C19H28N4O5. The first-order valence-electron chi connectivity index (χ1n) is 9.21. The van der Waals surface area contributed by atoms with Gasteiger partial charge in [0.1, 0.15) is 17.8 Å². The second kappa shape index (κ2) is 10.6. The van der Waals surface area contributed by atoms with Gasteiger partial charge >= 0.3 is 0 Å². The van der Waals surface area contributed by atoms with E-state index in [1.807, 2.05) is 4.90 Å². The molecule has 1 aliphatic rings. The lowest BCUT2D eigenvalue weighted by atomic mass is 10.0. The Labute approximate surface area is 164 Å². The van der Waals surface area contributed by atoms with E-state index >= 15 is 0 Å². The lowest BCUT2D eigenvalue weighted by Gasteiger charge is -2.26. The minimum Gasteiger partial charge on any atom is -0.497 e. The number of methoxy groups -OCH3 is 1. The Kier molecular flexibility index (Phi) is 8.21. The topological polar surface area (TPSA) is 123 Å². The fraction of sp³-hybridized carbons (Fsp3) is 0.526. The van der Waals surface area contributed by atoms with E-state index in [1.165, 1.54) is 0 Å². The fourth-order valence-electron chi connectivity index (χ4n) is 2.83. The second-order valence-electron chi connectivity index (χ2n) is 6.69. The Morgan fingerprint density at radius 2 is 1.82 bits per heavy atom. The third-order valence-corrected chi connectivity index (χ3v) is 4.50. The van der Waals surface area contributed by atoms with E-state index in [-0.39, 0.29) is 18.9 Å². The van der Waals surface area contributed by atoms with Crippen molar-refractivity contribution in [2.75, 3.05) is 40.0 Å². The van der Waals surface area contributed by atoms with E-state index in [4.69, 9.17) is 15.2 Å². The minimum absolute atomic E-state index is 0.200. The van der Waals surface area contributed by atoms with Crippen LogP contribution in [-0.2, 0) is 25.5 Å². The van der Waals surface area contributed by atoms with Crippen molar-refractivity contribution in [3.63, 3.8) is 0 Å². The molecule has 1 saturated heterocycles. The molecule has 2 rings (SSSR count). The summed E-state index contributed by atoms with van der Waals surface area (Å²) in [4.78, 5) is 38.2. The highest BCUT2D eigenvalue weighted by Crippen LogP contribution is 2.12. The summed E-state index contributed by atoms with van der Waals surface area (Å²) in [6.45, 7) is 4.31. The molecule has 9 nitrogen and oxygen atoms in total. The van der Waals surface area contributed by atoms with Gasteiger partial charge in [0, 0.05) is 19.5 Å². The Morgan fingerprint density at radius 1 is 1.18 bits per heavy atom. The molecule has 0 bridgehead atoms. The van der Waals surface area contributed by atoms with Crippen LogP contribution in [0.5, 0.6) is 5.75 Å². The molecule has 2 atom stereocenters. The molecule has 1 aliphatic heterocycles. The van der Waals surface area contributed by atoms with E-state index in [1.54, 1.807) is 38.3 Å². The molecule has 154 valence electrons. The maximum atomic E-state index is 12.4. The van der Waals surface area contributed by atoms with Crippen molar-refractivity contribution in [1.82, 2.24) is 15.5 Å². The Balaban J connectivity index is 1.85. The first-order valence-corrected chi connectivity index (χ1v) is 9.21. The van der Waals surface area contributed by atoms with Crippen molar-refractivity contribution in [2.24, 2.45) is 5.73 Å². The Hall–Kier alpha value is -2.65. The average molecular weight is 392 g/mol. The van der Waals surface area contributed by atoms with Crippen LogP contribution in [-0.4, -0.2) is 74.7 Å². The van der Waals surface area contributed by atoms with Crippen molar-refractivity contribution in [3.05, 3.63) is 29.8 Å². The molecule has 1 heterocycles. The molecule has 9 heteroatoms. The summed E-state index contributed by atoms with van der Waals surface area (Å²) < 4.78 is 10.3. The highest BCUT2D eigenvalue weighted by atomic mass is 16.5. The highest BCUT2D eigenvalue weighted by Gasteiger charge is 2.24. The molecule has 1 aromatic rings. The summed E-state index contributed by atoms with van der Waals surface area (Å²) in [7, 11) is 1.57. The largest absolute Gasteiger partial charge is 0.497 e. The van der Waals surface area contributed by atoms with Gasteiger partial charge in [-0.05, 0) is 24.6 Å². The summed E-state index contributed by atoms with van der Waals surface area (Å²) in [5.41, 5.74) is 6.26. The number of nitrogens with one attached hydrogen (secondary N) is 2. The summed E-state index contributed by atoms with van der Waals surface area (Å²) in [5.74, 6) is -0.668. The number of carbonyl (C=O) groups is 3. The van der Waals surface area contributed by atoms with Crippen molar-refractivity contribution in [3.8, 4) is 5.75 Å². The SMILES string of the molecule is COc1ccc(C[C@H](NC(=O)[C@H](C)NC(=O)CN2CCOCC2)C(N)=O)cc1. The third-order valence-electron chi connectivity index (χ3n) is 4.50. The molecule has 3 amide bonds. The highest BCUT2D eigenvalue weighted by molar-refractivity contribution is 5.91. The van der Waals surface area contributed by atoms with E-state index in [9.17, 15) is 14.4 Å². The number of morpholine rings is 1. The maximum Gasteiger partial charge on any atom is 0.242 e. The van der Waals surface area contributed by atoms with Gasteiger partial charge in [0.2, 0.25) is 17.7 Å². The number of ether oxygens (including phenoxy) is 2. The molecule has 1 fully saturated rings. The van der Waals surface area contributed by atoms with Crippen LogP contribution in [0.1, 0.15) is 12.5 Å². The van der Waals surface area contributed by atoms with E-state index in [0.29, 0.717) is 32.1 Å². The smallest absolute Gasteiger partial charge is 0.242 e. The minimum atomic E-state index is -0.875. The van der Waals surface area contributed by atoms with Crippen LogP contribution < -0.4 is 21.1 Å². The van der Waals surface area contributed by atoms with Gasteiger partial charge in [-0.15, -0.1) is 0 Å². The normalized spacial score (nSPS) is 16.6. The monoisotopic (exact) mass is 392 g/mol. The molecule has 0 spiro atoms. The summed E-state index contributed by atoms with van der Waals surface area (Å²) in [6, 6.07) is 5.47. The summed E-state index contributed by atoms with van der Waals surface area (Å²) in [5, 5.41) is 5.26. The standard InChI is InChI=1S/C19H28N4O5/c1-13(21-17(24)12-23-7-9-28-10-8-23)19(26)22-16(18(20)25)11-14-3-5-15(27-2)6-4-14/h3-6,13,16H,7-12H2,1-2H3,(H2,20,25)(H,21,24)(H,22,26)/t13-,16-/m0/s1. The third kappa shape index (κ3) is 6.82. The van der Waals surface area contributed by atoms with Gasteiger partial charge in [-0.25, -0.2) is 0 Å². The molecule has 0 unspecified atom stereocenters. The number of carbonyl (C=O) groups excluding carboxylic acids is 3. The summed E-state index contributed by atoms with van der Waals surface area (Å²) in [6.07, 6.45) is 0.250. The van der Waals surface area contributed by atoms with Crippen LogP contribution in [0, 0.1) is 0 Å². The van der Waals surface area contributed by atoms with Crippen LogP contribution in [0.2, 0.25) is 0 Å². The second-order valence-corrected chi connectivity index (χ2v) is 6.69. The van der Waals surface area contributed by atoms with Gasteiger partial charge in [-0.1, -0.05) is 12.1 Å². The van der Waals surface area contributed by atoms with Gasteiger partial charge in [-0.3, -0.25) is 19.3 Å². The first-order chi connectivity index (χ1) is 13.4. The van der Waals surface area contributed by atoms with Crippen LogP contribution in [0.4, 0.5) is 0 Å². The van der Waals surface area contributed by atoms with Gasteiger partial charge < -0.3 is 25.8 Å². The van der Waals surface area contributed by atoms with Gasteiger partial charge in [0.15, 0.2) is 0 Å². The van der Waals surface area contributed by atoms with Crippen molar-refractivity contribution >= 4 is 17.7 Å². The Bertz CT molecular complexity index is 673. The fourth-order valence-corrected chi connectivity index (χ4v) is 2.83. The van der Waals surface area contributed by atoms with Gasteiger partial charge in [0.25, 0.3) is 0 Å². The molecule has 1 aromatic carbocycles. The number of nitrogens with zero attached hydrogens (tertiary/aromatic N) is 1. The average Bonchev–Trinajstić information content (AvgIpc) is 2.68. The lowest BCUT2D eigenvalue weighted by Crippen LogP contribution is -2.54. The van der Waals surface area contributed by atoms with Crippen LogP contribution >= 0.6 is 0 Å². The van der Waals surface area contributed by atoms with Crippen LogP contribution in [0.15, 0.2) is 24.3 Å². The quantitative estimate of drug-likeness (QED) is 0.498. The zero-order chi connectivity index (χ0) is 20.5. The number of benzene rings is 1. The number of primary amides is 1. The van der Waals surface area contributed by atoms with Crippen molar-refractivity contribution in [1.29, 1.82) is 0 Å².